The minimum atomic E-state index is 0.0211. The van der Waals surface area contributed by atoms with Gasteiger partial charge in [0.2, 0.25) is 0 Å². The molecule has 0 heterocycles. The maximum atomic E-state index is 3.65. The van der Waals surface area contributed by atoms with E-state index in [0.717, 1.165) is 5.69 Å². The fourth-order valence-electron chi connectivity index (χ4n) is 4.52. The third kappa shape index (κ3) is 2.94. The molecule has 0 unspecified atom stereocenters. The molecule has 142 valence electrons. The van der Waals surface area contributed by atoms with Crippen LogP contribution in [0.25, 0.3) is 22.3 Å². The van der Waals surface area contributed by atoms with Gasteiger partial charge in [0, 0.05) is 16.8 Å². The highest BCUT2D eigenvalue weighted by atomic mass is 14.9. The Labute approximate surface area is 173 Å². The van der Waals surface area contributed by atoms with Crippen molar-refractivity contribution in [1.82, 2.24) is 0 Å². The first-order chi connectivity index (χ1) is 14.0. The third-order valence-corrected chi connectivity index (χ3v) is 6.20. The predicted octanol–water partition coefficient (Wildman–Crippen LogP) is 7.71. The van der Waals surface area contributed by atoms with Crippen LogP contribution in [0.4, 0.5) is 11.4 Å². The number of fused-ring (bicyclic) bond motifs is 3. The van der Waals surface area contributed by atoms with Crippen molar-refractivity contribution in [2.45, 2.75) is 26.2 Å². The Balaban J connectivity index is 1.49. The van der Waals surface area contributed by atoms with Crippen LogP contribution < -0.4 is 5.32 Å². The number of anilines is 2. The molecule has 0 aromatic heterocycles. The summed E-state index contributed by atoms with van der Waals surface area (Å²) in [5, 5.41) is 3.65. The van der Waals surface area contributed by atoms with E-state index in [2.05, 4.69) is 117 Å². The maximum absolute atomic E-state index is 3.65. The van der Waals surface area contributed by atoms with E-state index in [4.69, 9.17) is 0 Å². The summed E-state index contributed by atoms with van der Waals surface area (Å²) in [6.45, 7) is 6.84. The van der Waals surface area contributed by atoms with Gasteiger partial charge < -0.3 is 5.32 Å². The molecule has 0 amide bonds. The molecule has 1 aliphatic rings. The Hall–Kier alpha value is -3.32. The van der Waals surface area contributed by atoms with Gasteiger partial charge in [0.1, 0.15) is 0 Å². The number of nitrogens with one attached hydrogen (secondary N) is 1. The van der Waals surface area contributed by atoms with E-state index in [9.17, 15) is 0 Å². The van der Waals surface area contributed by atoms with Crippen LogP contribution in [-0.2, 0) is 5.41 Å². The highest BCUT2D eigenvalue weighted by Gasteiger charge is 2.35. The largest absolute Gasteiger partial charge is 0.355 e. The molecule has 1 N–H and O–H groups in total. The number of hydrogen-bond donors (Lipinski definition) is 1. The van der Waals surface area contributed by atoms with E-state index in [1.54, 1.807) is 0 Å². The van der Waals surface area contributed by atoms with E-state index in [1.165, 1.54) is 44.6 Å². The molecular weight excluding hydrogens is 350 g/mol. The minimum Gasteiger partial charge on any atom is -0.355 e. The zero-order valence-electron chi connectivity index (χ0n) is 17.2. The van der Waals surface area contributed by atoms with Crippen LogP contribution in [0.2, 0.25) is 0 Å². The molecular formula is C28H25N. The van der Waals surface area contributed by atoms with Gasteiger partial charge in [-0.15, -0.1) is 0 Å². The van der Waals surface area contributed by atoms with E-state index < -0.39 is 0 Å². The van der Waals surface area contributed by atoms with Crippen LogP contribution in [0, 0.1) is 6.92 Å². The first-order valence-corrected chi connectivity index (χ1v) is 10.2. The lowest BCUT2D eigenvalue weighted by Crippen LogP contribution is -2.15. The van der Waals surface area contributed by atoms with Gasteiger partial charge in [-0.05, 0) is 70.1 Å². The number of aryl methyl sites for hydroxylation is 1. The van der Waals surface area contributed by atoms with E-state index in [-0.39, 0.29) is 5.41 Å². The Morgan fingerprint density at radius 2 is 1.28 bits per heavy atom. The van der Waals surface area contributed by atoms with Crippen molar-refractivity contribution in [3.05, 3.63) is 108 Å². The van der Waals surface area contributed by atoms with Crippen molar-refractivity contribution < 1.29 is 0 Å². The molecule has 0 spiro atoms. The van der Waals surface area contributed by atoms with Crippen LogP contribution in [-0.4, -0.2) is 0 Å². The van der Waals surface area contributed by atoms with Gasteiger partial charge in [0.25, 0.3) is 0 Å². The highest BCUT2D eigenvalue weighted by Crippen LogP contribution is 2.50. The molecule has 0 atom stereocenters. The lowest BCUT2D eigenvalue weighted by molar-refractivity contribution is 0.660. The first-order valence-electron chi connectivity index (χ1n) is 10.2. The van der Waals surface area contributed by atoms with Crippen LogP contribution in [0.3, 0.4) is 0 Å². The first kappa shape index (κ1) is 17.8. The van der Waals surface area contributed by atoms with Gasteiger partial charge >= 0.3 is 0 Å². The Bertz CT molecular complexity index is 1180. The zero-order valence-corrected chi connectivity index (χ0v) is 17.2. The Morgan fingerprint density at radius 3 is 2.03 bits per heavy atom. The molecule has 29 heavy (non-hydrogen) atoms. The molecule has 0 bridgehead atoms. The van der Waals surface area contributed by atoms with Crippen LogP contribution in [0.1, 0.15) is 30.5 Å². The van der Waals surface area contributed by atoms with Crippen molar-refractivity contribution in [3.63, 3.8) is 0 Å². The smallest absolute Gasteiger partial charge is 0.0417 e. The summed E-state index contributed by atoms with van der Waals surface area (Å²) in [5.41, 5.74) is 11.6. The Morgan fingerprint density at radius 1 is 0.621 bits per heavy atom. The second kappa shape index (κ2) is 6.63. The average Bonchev–Trinajstić information content (AvgIpc) is 2.97. The monoisotopic (exact) mass is 375 g/mol. The molecule has 0 saturated carbocycles. The third-order valence-electron chi connectivity index (χ3n) is 6.20. The van der Waals surface area contributed by atoms with Gasteiger partial charge in [-0.2, -0.15) is 0 Å². The number of hydrogen-bond acceptors (Lipinski definition) is 1. The summed E-state index contributed by atoms with van der Waals surface area (Å²) in [6.07, 6.45) is 0. The molecule has 1 heteroatoms. The quantitative estimate of drug-likeness (QED) is 0.386. The lowest BCUT2D eigenvalue weighted by Gasteiger charge is -2.22. The molecule has 4 aromatic carbocycles. The second-order valence-electron chi connectivity index (χ2n) is 8.45. The summed E-state index contributed by atoms with van der Waals surface area (Å²) >= 11 is 0. The van der Waals surface area contributed by atoms with Crippen molar-refractivity contribution in [1.29, 1.82) is 0 Å². The SMILES string of the molecule is Cc1cc2c(cc1Nc1ccc(-c3ccccc3)cc1)C(C)(C)c1ccccc1-2. The molecule has 5 rings (SSSR count). The molecule has 1 nitrogen and oxygen atoms in total. The fourth-order valence-corrected chi connectivity index (χ4v) is 4.52. The summed E-state index contributed by atoms with van der Waals surface area (Å²) in [7, 11) is 0. The van der Waals surface area contributed by atoms with Crippen molar-refractivity contribution in [2.24, 2.45) is 0 Å². The minimum absolute atomic E-state index is 0.0211. The van der Waals surface area contributed by atoms with Crippen molar-refractivity contribution >= 4 is 11.4 Å². The molecule has 0 saturated heterocycles. The average molecular weight is 376 g/mol. The number of benzene rings is 4. The van der Waals surface area contributed by atoms with Gasteiger partial charge in [0.05, 0.1) is 0 Å². The van der Waals surface area contributed by atoms with Crippen LogP contribution in [0.5, 0.6) is 0 Å². The summed E-state index contributed by atoms with van der Waals surface area (Å²) in [4.78, 5) is 0. The number of rotatable bonds is 3. The lowest BCUT2D eigenvalue weighted by atomic mass is 9.82. The van der Waals surface area contributed by atoms with Crippen molar-refractivity contribution in [3.8, 4) is 22.3 Å². The molecule has 0 fully saturated rings. The molecule has 0 radical (unpaired) electrons. The van der Waals surface area contributed by atoms with Crippen LogP contribution >= 0.6 is 0 Å². The Kier molecular flexibility index (Phi) is 4.06. The second-order valence-corrected chi connectivity index (χ2v) is 8.45. The maximum Gasteiger partial charge on any atom is 0.0417 e. The van der Waals surface area contributed by atoms with Gasteiger partial charge in [-0.1, -0.05) is 80.6 Å². The molecule has 1 aliphatic carbocycles. The van der Waals surface area contributed by atoms with Crippen LogP contribution in [0.15, 0.2) is 91.0 Å². The zero-order chi connectivity index (χ0) is 20.0. The van der Waals surface area contributed by atoms with Gasteiger partial charge in [0.15, 0.2) is 0 Å². The van der Waals surface area contributed by atoms with Crippen molar-refractivity contribution in [2.75, 3.05) is 5.32 Å². The van der Waals surface area contributed by atoms with Gasteiger partial charge in [-0.3, -0.25) is 0 Å². The highest BCUT2D eigenvalue weighted by molar-refractivity contribution is 5.84. The summed E-state index contributed by atoms with van der Waals surface area (Å²) in [6, 6.07) is 32.7. The van der Waals surface area contributed by atoms with E-state index in [0.29, 0.717) is 0 Å². The van der Waals surface area contributed by atoms with E-state index >= 15 is 0 Å². The molecule has 4 aromatic rings. The summed E-state index contributed by atoms with van der Waals surface area (Å²) < 4.78 is 0. The standard InChI is InChI=1S/C28H25N/c1-19-17-24-23-11-7-8-12-25(23)28(2,3)26(24)18-27(19)29-22-15-13-21(14-16-22)20-9-5-4-6-10-20/h4-18,29H,1-3H3. The fraction of sp³-hybridized carbons (Fsp3) is 0.143. The predicted molar refractivity (Wildman–Crippen MR) is 124 cm³/mol. The normalized spacial score (nSPS) is 13.6. The van der Waals surface area contributed by atoms with E-state index in [1.807, 2.05) is 0 Å². The van der Waals surface area contributed by atoms with Gasteiger partial charge in [-0.25, -0.2) is 0 Å². The summed E-state index contributed by atoms with van der Waals surface area (Å²) in [5.74, 6) is 0. The molecule has 0 aliphatic heterocycles. The topological polar surface area (TPSA) is 12.0 Å².